The van der Waals surface area contributed by atoms with E-state index in [1.807, 2.05) is 0 Å². The zero-order valence-electron chi connectivity index (χ0n) is 14.4. The molecule has 0 atom stereocenters. The first-order valence-electron chi connectivity index (χ1n) is 7.52. The first kappa shape index (κ1) is 18.0. The summed E-state index contributed by atoms with van der Waals surface area (Å²) < 4.78 is 16.0. The molecule has 0 aliphatic rings. The van der Waals surface area contributed by atoms with Crippen LogP contribution in [0.1, 0.15) is 11.1 Å². The second kappa shape index (κ2) is 8.50. The number of carbonyl (C=O) groups is 1. The molecule has 2 rings (SSSR count). The maximum absolute atomic E-state index is 12.1. The molecule has 0 aliphatic heterocycles. The van der Waals surface area contributed by atoms with Gasteiger partial charge in [0.2, 0.25) is 5.75 Å². The van der Waals surface area contributed by atoms with Crippen molar-refractivity contribution in [3.05, 3.63) is 47.5 Å². The number of urea groups is 1. The van der Waals surface area contributed by atoms with Gasteiger partial charge >= 0.3 is 6.03 Å². The minimum atomic E-state index is -0.356. The average molecular weight is 340 g/mol. The number of terminal acetylenes is 1. The summed E-state index contributed by atoms with van der Waals surface area (Å²) in [5.74, 6) is 4.07. The van der Waals surface area contributed by atoms with E-state index in [2.05, 4.69) is 16.6 Å². The SMILES string of the molecule is C#Cc1cccc(NC(=O)NCc2ccc(OC)c(OC)c2OC)c1. The molecule has 0 unspecified atom stereocenters. The summed E-state index contributed by atoms with van der Waals surface area (Å²) >= 11 is 0. The minimum absolute atomic E-state index is 0.254. The van der Waals surface area contributed by atoms with Crippen LogP contribution < -0.4 is 24.8 Å². The van der Waals surface area contributed by atoms with Crippen molar-refractivity contribution in [1.82, 2.24) is 5.32 Å². The van der Waals surface area contributed by atoms with E-state index in [9.17, 15) is 4.79 Å². The van der Waals surface area contributed by atoms with Crippen molar-refractivity contribution < 1.29 is 19.0 Å². The summed E-state index contributed by atoms with van der Waals surface area (Å²) in [5.41, 5.74) is 2.07. The van der Waals surface area contributed by atoms with Gasteiger partial charge in [0.05, 0.1) is 21.3 Å². The molecule has 0 spiro atoms. The van der Waals surface area contributed by atoms with Crippen LogP contribution in [0.5, 0.6) is 17.2 Å². The normalized spacial score (nSPS) is 9.68. The first-order chi connectivity index (χ1) is 12.1. The van der Waals surface area contributed by atoms with Gasteiger partial charge in [-0.05, 0) is 30.3 Å². The molecule has 0 saturated heterocycles. The second-order valence-corrected chi connectivity index (χ2v) is 5.03. The van der Waals surface area contributed by atoms with E-state index in [-0.39, 0.29) is 12.6 Å². The van der Waals surface area contributed by atoms with Crippen molar-refractivity contribution in [2.75, 3.05) is 26.6 Å². The molecule has 0 radical (unpaired) electrons. The molecule has 2 aromatic rings. The number of ether oxygens (including phenoxy) is 3. The van der Waals surface area contributed by atoms with E-state index in [0.717, 1.165) is 5.56 Å². The average Bonchev–Trinajstić information content (AvgIpc) is 2.65. The van der Waals surface area contributed by atoms with Crippen LogP contribution in [-0.2, 0) is 6.54 Å². The Morgan fingerprint density at radius 1 is 1.08 bits per heavy atom. The number of hydrogen-bond acceptors (Lipinski definition) is 4. The molecule has 2 N–H and O–H groups in total. The molecule has 0 fully saturated rings. The molecule has 130 valence electrons. The summed E-state index contributed by atoms with van der Waals surface area (Å²) in [6.07, 6.45) is 5.35. The van der Waals surface area contributed by atoms with Gasteiger partial charge in [0.1, 0.15) is 0 Å². The van der Waals surface area contributed by atoms with Crippen LogP contribution in [0.15, 0.2) is 36.4 Å². The third-order valence-electron chi connectivity index (χ3n) is 3.51. The molecule has 25 heavy (non-hydrogen) atoms. The molecule has 0 heterocycles. The highest BCUT2D eigenvalue weighted by molar-refractivity contribution is 5.89. The summed E-state index contributed by atoms with van der Waals surface area (Å²) in [4.78, 5) is 12.1. The van der Waals surface area contributed by atoms with Crippen LogP contribution in [0.25, 0.3) is 0 Å². The Balaban J connectivity index is 2.07. The molecular formula is C19H20N2O4. The van der Waals surface area contributed by atoms with Gasteiger partial charge in [-0.15, -0.1) is 6.42 Å². The third-order valence-corrected chi connectivity index (χ3v) is 3.51. The molecule has 0 aliphatic carbocycles. The van der Waals surface area contributed by atoms with Gasteiger partial charge in [-0.2, -0.15) is 0 Å². The van der Waals surface area contributed by atoms with Crippen molar-refractivity contribution in [3.63, 3.8) is 0 Å². The standard InChI is InChI=1S/C19H20N2O4/c1-5-13-7-6-8-15(11-13)21-19(22)20-12-14-9-10-16(23-2)18(25-4)17(14)24-3/h1,6-11H,12H2,2-4H3,(H2,20,21,22). The largest absolute Gasteiger partial charge is 0.493 e. The highest BCUT2D eigenvalue weighted by Gasteiger charge is 2.16. The van der Waals surface area contributed by atoms with Gasteiger partial charge in [-0.25, -0.2) is 4.79 Å². The fourth-order valence-electron chi connectivity index (χ4n) is 2.34. The third kappa shape index (κ3) is 4.36. The lowest BCUT2D eigenvalue weighted by molar-refractivity contribution is 0.251. The quantitative estimate of drug-likeness (QED) is 0.793. The minimum Gasteiger partial charge on any atom is -0.493 e. The van der Waals surface area contributed by atoms with E-state index in [0.29, 0.717) is 28.5 Å². The summed E-state index contributed by atoms with van der Waals surface area (Å²) in [6.45, 7) is 0.254. The van der Waals surface area contributed by atoms with Crippen LogP contribution in [0.3, 0.4) is 0 Å². The zero-order valence-corrected chi connectivity index (χ0v) is 14.4. The van der Waals surface area contributed by atoms with Gasteiger partial charge in [0.25, 0.3) is 0 Å². The van der Waals surface area contributed by atoms with E-state index in [1.54, 1.807) is 43.5 Å². The van der Waals surface area contributed by atoms with Crippen LogP contribution in [0.2, 0.25) is 0 Å². The maximum Gasteiger partial charge on any atom is 0.319 e. The van der Waals surface area contributed by atoms with Crippen molar-refractivity contribution in [2.45, 2.75) is 6.54 Å². The summed E-state index contributed by atoms with van der Waals surface area (Å²) in [7, 11) is 4.61. The van der Waals surface area contributed by atoms with E-state index < -0.39 is 0 Å². The number of rotatable bonds is 6. The zero-order chi connectivity index (χ0) is 18.2. The Bertz CT molecular complexity index is 796. The monoisotopic (exact) mass is 340 g/mol. The number of carbonyl (C=O) groups excluding carboxylic acids is 1. The highest BCUT2D eigenvalue weighted by atomic mass is 16.5. The Labute approximate surface area is 147 Å². The fourth-order valence-corrected chi connectivity index (χ4v) is 2.34. The van der Waals surface area contributed by atoms with Gasteiger partial charge in [-0.3, -0.25) is 0 Å². The molecule has 2 amide bonds. The Kier molecular flexibility index (Phi) is 6.13. The molecule has 0 aromatic heterocycles. The van der Waals surface area contributed by atoms with Crippen molar-refractivity contribution in [1.29, 1.82) is 0 Å². The van der Waals surface area contributed by atoms with E-state index in [4.69, 9.17) is 20.6 Å². The maximum atomic E-state index is 12.1. The number of nitrogens with one attached hydrogen (secondary N) is 2. The van der Waals surface area contributed by atoms with Crippen LogP contribution in [0.4, 0.5) is 10.5 Å². The molecule has 6 heteroatoms. The van der Waals surface area contributed by atoms with Crippen LogP contribution >= 0.6 is 0 Å². The van der Waals surface area contributed by atoms with Gasteiger partial charge in [0, 0.05) is 23.4 Å². The highest BCUT2D eigenvalue weighted by Crippen LogP contribution is 2.39. The smallest absolute Gasteiger partial charge is 0.319 e. The number of hydrogen-bond donors (Lipinski definition) is 2. The number of benzene rings is 2. The summed E-state index contributed by atoms with van der Waals surface area (Å²) in [5, 5.41) is 5.50. The Hall–Kier alpha value is -3.33. The van der Waals surface area contributed by atoms with E-state index >= 15 is 0 Å². The lowest BCUT2D eigenvalue weighted by Gasteiger charge is -2.16. The molecule has 2 aromatic carbocycles. The number of anilines is 1. The van der Waals surface area contributed by atoms with Crippen molar-refractivity contribution in [3.8, 4) is 29.6 Å². The van der Waals surface area contributed by atoms with Crippen molar-refractivity contribution in [2.24, 2.45) is 0 Å². The van der Waals surface area contributed by atoms with Crippen LogP contribution in [0, 0.1) is 12.3 Å². The van der Waals surface area contributed by atoms with Gasteiger partial charge in [0.15, 0.2) is 11.5 Å². The number of methoxy groups -OCH3 is 3. The summed E-state index contributed by atoms with van der Waals surface area (Å²) in [6, 6.07) is 10.3. The van der Waals surface area contributed by atoms with Gasteiger partial charge < -0.3 is 24.8 Å². The van der Waals surface area contributed by atoms with Crippen molar-refractivity contribution >= 4 is 11.7 Å². The Morgan fingerprint density at radius 3 is 2.48 bits per heavy atom. The second-order valence-electron chi connectivity index (χ2n) is 5.03. The Morgan fingerprint density at radius 2 is 1.84 bits per heavy atom. The molecule has 0 bridgehead atoms. The topological polar surface area (TPSA) is 68.8 Å². The lowest BCUT2D eigenvalue weighted by Crippen LogP contribution is -2.28. The predicted octanol–water partition coefficient (Wildman–Crippen LogP) is 3.02. The molecule has 0 saturated carbocycles. The molecular weight excluding hydrogens is 320 g/mol. The van der Waals surface area contributed by atoms with Gasteiger partial charge in [-0.1, -0.05) is 12.0 Å². The van der Waals surface area contributed by atoms with E-state index in [1.165, 1.54) is 14.2 Å². The molecule has 6 nitrogen and oxygen atoms in total. The van der Waals surface area contributed by atoms with Crippen LogP contribution in [-0.4, -0.2) is 27.4 Å². The lowest BCUT2D eigenvalue weighted by atomic mass is 10.1. The first-order valence-corrected chi connectivity index (χ1v) is 7.52. The predicted molar refractivity (Wildman–Crippen MR) is 96.3 cm³/mol. The fraction of sp³-hybridized carbons (Fsp3) is 0.211. The number of amides is 2.